The van der Waals surface area contributed by atoms with Crippen LogP contribution in [0.5, 0.6) is 11.5 Å². The van der Waals surface area contributed by atoms with Gasteiger partial charge < -0.3 is 8.92 Å². The smallest absolute Gasteiger partial charge is 0.380 e. The molecule has 0 aliphatic rings. The second kappa shape index (κ2) is 3.85. The molecule has 0 saturated heterocycles. The maximum Gasteiger partial charge on any atom is 0.380 e. The molecule has 5 nitrogen and oxygen atoms in total. The summed E-state index contributed by atoms with van der Waals surface area (Å²) in [7, 11) is -2.48. The van der Waals surface area contributed by atoms with E-state index in [1.807, 2.05) is 6.92 Å². The van der Waals surface area contributed by atoms with E-state index in [4.69, 9.17) is 9.88 Å². The maximum atomic E-state index is 10.6. The van der Waals surface area contributed by atoms with Crippen molar-refractivity contribution in [2.45, 2.75) is 6.92 Å². The fourth-order valence-corrected chi connectivity index (χ4v) is 1.36. The summed E-state index contributed by atoms with van der Waals surface area (Å²) in [5, 5.41) is 4.71. The van der Waals surface area contributed by atoms with E-state index in [1.165, 1.54) is 19.2 Å². The summed E-state index contributed by atoms with van der Waals surface area (Å²) in [6, 6.07) is 4.64. The Kier molecular flexibility index (Phi) is 2.97. The Balaban J connectivity index is 3.01. The lowest BCUT2D eigenvalue weighted by Crippen LogP contribution is -2.18. The minimum Gasteiger partial charge on any atom is -0.496 e. The zero-order valence-electron chi connectivity index (χ0n) is 7.85. The molecule has 2 N–H and O–H groups in total. The summed E-state index contributed by atoms with van der Waals surface area (Å²) in [4.78, 5) is 0. The van der Waals surface area contributed by atoms with E-state index in [0.29, 0.717) is 5.75 Å². The van der Waals surface area contributed by atoms with Crippen molar-refractivity contribution in [3.8, 4) is 11.5 Å². The molecule has 0 bridgehead atoms. The Morgan fingerprint density at radius 2 is 2.00 bits per heavy atom. The second-order valence-corrected chi connectivity index (χ2v) is 3.86. The molecule has 0 atom stereocenters. The van der Waals surface area contributed by atoms with Gasteiger partial charge in [0.25, 0.3) is 0 Å². The van der Waals surface area contributed by atoms with Gasteiger partial charge in [-0.05, 0) is 18.6 Å². The van der Waals surface area contributed by atoms with Crippen LogP contribution in [0.2, 0.25) is 0 Å². The van der Waals surface area contributed by atoms with Crippen LogP contribution in [-0.2, 0) is 10.3 Å². The van der Waals surface area contributed by atoms with E-state index in [-0.39, 0.29) is 5.75 Å². The molecular formula is C8H11NO4S. The van der Waals surface area contributed by atoms with Crippen molar-refractivity contribution < 1.29 is 17.3 Å². The van der Waals surface area contributed by atoms with Crippen molar-refractivity contribution in [1.82, 2.24) is 0 Å². The van der Waals surface area contributed by atoms with Gasteiger partial charge in [0, 0.05) is 6.07 Å². The molecule has 14 heavy (non-hydrogen) atoms. The number of benzene rings is 1. The Morgan fingerprint density at radius 3 is 2.50 bits per heavy atom. The van der Waals surface area contributed by atoms with Crippen molar-refractivity contribution in [3.63, 3.8) is 0 Å². The van der Waals surface area contributed by atoms with Crippen LogP contribution in [0.4, 0.5) is 0 Å². The Labute approximate surface area is 82.7 Å². The van der Waals surface area contributed by atoms with Crippen LogP contribution in [-0.4, -0.2) is 15.5 Å². The van der Waals surface area contributed by atoms with Gasteiger partial charge in [0.1, 0.15) is 11.5 Å². The van der Waals surface area contributed by atoms with Gasteiger partial charge >= 0.3 is 10.3 Å². The van der Waals surface area contributed by atoms with Gasteiger partial charge in [-0.2, -0.15) is 13.6 Å². The van der Waals surface area contributed by atoms with E-state index in [0.717, 1.165) is 5.56 Å². The standard InChI is InChI=1S/C8H11NO4S/c1-6-3-4-7(5-8(6)12-2)13-14(9,10)11/h3-5H,1-2H3,(H2,9,10,11). The molecular weight excluding hydrogens is 206 g/mol. The molecule has 0 aromatic heterocycles. The van der Waals surface area contributed by atoms with Crippen LogP contribution in [0.1, 0.15) is 5.56 Å². The molecule has 0 unspecified atom stereocenters. The third-order valence-corrected chi connectivity index (χ3v) is 2.02. The molecule has 0 amide bonds. The lowest BCUT2D eigenvalue weighted by atomic mass is 10.2. The van der Waals surface area contributed by atoms with Gasteiger partial charge in [0.05, 0.1) is 7.11 Å². The highest BCUT2D eigenvalue weighted by atomic mass is 32.2. The molecule has 1 aromatic rings. The molecule has 78 valence electrons. The van der Waals surface area contributed by atoms with Gasteiger partial charge in [-0.3, -0.25) is 0 Å². The molecule has 0 spiro atoms. The van der Waals surface area contributed by atoms with Crippen molar-refractivity contribution >= 4 is 10.3 Å². The molecule has 0 aliphatic carbocycles. The second-order valence-electron chi connectivity index (χ2n) is 2.71. The molecule has 1 rings (SSSR count). The average Bonchev–Trinajstić information content (AvgIpc) is 2.06. The van der Waals surface area contributed by atoms with E-state index < -0.39 is 10.3 Å². The number of hydrogen-bond acceptors (Lipinski definition) is 4. The van der Waals surface area contributed by atoms with Crippen LogP contribution in [0.25, 0.3) is 0 Å². The molecule has 0 aliphatic heterocycles. The summed E-state index contributed by atoms with van der Waals surface area (Å²) in [5.41, 5.74) is 0.884. The first-order valence-corrected chi connectivity index (χ1v) is 5.26. The van der Waals surface area contributed by atoms with Crippen LogP contribution in [0, 0.1) is 6.92 Å². The quantitative estimate of drug-likeness (QED) is 0.803. The predicted molar refractivity (Wildman–Crippen MR) is 51.5 cm³/mol. The largest absolute Gasteiger partial charge is 0.496 e. The molecule has 0 heterocycles. The molecule has 0 radical (unpaired) electrons. The van der Waals surface area contributed by atoms with Crippen molar-refractivity contribution in [2.24, 2.45) is 5.14 Å². The summed E-state index contributed by atoms with van der Waals surface area (Å²) < 4.78 is 30.7. The normalized spacial score (nSPS) is 11.1. The summed E-state index contributed by atoms with van der Waals surface area (Å²) in [6.45, 7) is 1.83. The SMILES string of the molecule is COc1cc(OS(N)(=O)=O)ccc1C. The zero-order valence-corrected chi connectivity index (χ0v) is 8.67. The monoisotopic (exact) mass is 217 g/mol. The zero-order chi connectivity index (χ0) is 10.8. The summed E-state index contributed by atoms with van der Waals surface area (Å²) >= 11 is 0. The number of rotatable bonds is 3. The van der Waals surface area contributed by atoms with Crippen molar-refractivity contribution in [2.75, 3.05) is 7.11 Å². The molecule has 0 fully saturated rings. The minimum atomic E-state index is -3.97. The van der Waals surface area contributed by atoms with E-state index in [2.05, 4.69) is 4.18 Å². The van der Waals surface area contributed by atoms with Crippen LogP contribution < -0.4 is 14.1 Å². The maximum absolute atomic E-state index is 10.6. The molecule has 1 aromatic carbocycles. The average molecular weight is 217 g/mol. The Morgan fingerprint density at radius 1 is 1.36 bits per heavy atom. The van der Waals surface area contributed by atoms with Gasteiger partial charge in [-0.1, -0.05) is 6.07 Å². The predicted octanol–water partition coefficient (Wildman–Crippen LogP) is 0.586. The third kappa shape index (κ3) is 2.90. The number of hydrogen-bond donors (Lipinski definition) is 1. The van der Waals surface area contributed by atoms with E-state index >= 15 is 0 Å². The highest BCUT2D eigenvalue weighted by Gasteiger charge is 2.07. The Hall–Kier alpha value is -1.27. The number of ether oxygens (including phenoxy) is 1. The van der Waals surface area contributed by atoms with Crippen molar-refractivity contribution in [1.29, 1.82) is 0 Å². The van der Waals surface area contributed by atoms with Crippen LogP contribution in [0.15, 0.2) is 18.2 Å². The topological polar surface area (TPSA) is 78.6 Å². The highest BCUT2D eigenvalue weighted by Crippen LogP contribution is 2.24. The first-order valence-electron chi connectivity index (χ1n) is 3.79. The molecule has 0 saturated carbocycles. The fourth-order valence-electron chi connectivity index (χ4n) is 0.986. The number of methoxy groups -OCH3 is 1. The van der Waals surface area contributed by atoms with Crippen LogP contribution >= 0.6 is 0 Å². The summed E-state index contributed by atoms with van der Waals surface area (Å²) in [6.07, 6.45) is 0. The first kappa shape index (κ1) is 10.8. The lowest BCUT2D eigenvalue weighted by molar-refractivity contribution is 0.408. The summed E-state index contributed by atoms with van der Waals surface area (Å²) in [5.74, 6) is 0.682. The van der Waals surface area contributed by atoms with E-state index in [9.17, 15) is 8.42 Å². The fraction of sp³-hybridized carbons (Fsp3) is 0.250. The van der Waals surface area contributed by atoms with Gasteiger partial charge in [-0.25, -0.2) is 0 Å². The highest BCUT2D eigenvalue weighted by molar-refractivity contribution is 7.84. The van der Waals surface area contributed by atoms with Gasteiger partial charge in [-0.15, -0.1) is 0 Å². The van der Waals surface area contributed by atoms with E-state index in [1.54, 1.807) is 6.07 Å². The number of aryl methyl sites for hydroxylation is 1. The third-order valence-electron chi connectivity index (χ3n) is 1.59. The van der Waals surface area contributed by atoms with Gasteiger partial charge in [0.2, 0.25) is 0 Å². The first-order chi connectivity index (χ1) is 6.42. The lowest BCUT2D eigenvalue weighted by Gasteiger charge is -2.07. The van der Waals surface area contributed by atoms with Crippen LogP contribution in [0.3, 0.4) is 0 Å². The molecule has 6 heteroatoms. The van der Waals surface area contributed by atoms with Gasteiger partial charge in [0.15, 0.2) is 0 Å². The minimum absolute atomic E-state index is 0.134. The number of nitrogens with two attached hydrogens (primary N) is 1. The Bertz CT molecular complexity index is 427. The van der Waals surface area contributed by atoms with Crippen molar-refractivity contribution in [3.05, 3.63) is 23.8 Å².